The Bertz CT molecular complexity index is 1120. The molecule has 0 bridgehead atoms. The lowest BCUT2D eigenvalue weighted by Crippen LogP contribution is -2.48. The van der Waals surface area contributed by atoms with Crippen LogP contribution in [0.2, 0.25) is 0 Å². The third kappa shape index (κ3) is 5.44. The average molecular weight is 461 g/mol. The standard InChI is InChI=1S/C27H28N2O4.CH4/c1-3-24(31)26(25(32)17-30)28(2)27(33)20-9-6-18(7-10-20)4-5-19-8-11-21-15-29(23-12-13-23)16-22(21)14-19;/h6-11,14,23,26,30H,3,12-13,15-17H2,1-2H3;1H4. The molecule has 1 aliphatic heterocycles. The van der Waals surface area contributed by atoms with Gasteiger partial charge in [0.1, 0.15) is 6.61 Å². The lowest BCUT2D eigenvalue weighted by Gasteiger charge is -2.25. The van der Waals surface area contributed by atoms with Crippen LogP contribution in [0.1, 0.15) is 66.2 Å². The van der Waals surface area contributed by atoms with Crippen LogP contribution in [-0.4, -0.2) is 58.1 Å². The fourth-order valence-corrected chi connectivity index (χ4v) is 4.25. The number of rotatable bonds is 7. The lowest BCUT2D eigenvalue weighted by atomic mass is 10.0. The fraction of sp³-hybridized carbons (Fsp3) is 0.393. The van der Waals surface area contributed by atoms with Crippen molar-refractivity contribution in [2.45, 2.75) is 58.8 Å². The summed E-state index contributed by atoms with van der Waals surface area (Å²) in [5.74, 6) is 4.80. The summed E-state index contributed by atoms with van der Waals surface area (Å²) in [6.45, 7) is 2.87. The van der Waals surface area contributed by atoms with Gasteiger partial charge in [-0.05, 0) is 60.4 Å². The van der Waals surface area contributed by atoms with Crippen molar-refractivity contribution in [3.8, 4) is 11.8 Å². The maximum Gasteiger partial charge on any atom is 0.254 e. The third-order valence-corrected chi connectivity index (χ3v) is 6.32. The van der Waals surface area contributed by atoms with Gasteiger partial charge in [0.25, 0.3) is 5.91 Å². The molecule has 1 amide bonds. The quantitative estimate of drug-likeness (QED) is 0.507. The Morgan fingerprint density at radius 3 is 2.24 bits per heavy atom. The Morgan fingerprint density at radius 2 is 1.62 bits per heavy atom. The summed E-state index contributed by atoms with van der Waals surface area (Å²) in [5, 5.41) is 9.17. The maximum atomic E-state index is 12.8. The van der Waals surface area contributed by atoms with Gasteiger partial charge in [0.15, 0.2) is 17.6 Å². The molecule has 0 aromatic heterocycles. The zero-order valence-corrected chi connectivity index (χ0v) is 19.0. The van der Waals surface area contributed by atoms with Crippen molar-refractivity contribution in [1.29, 1.82) is 0 Å². The van der Waals surface area contributed by atoms with Gasteiger partial charge in [-0.25, -0.2) is 0 Å². The minimum atomic E-state index is -1.28. The van der Waals surface area contributed by atoms with E-state index in [1.165, 1.54) is 31.0 Å². The number of carbonyl (C=O) groups excluding carboxylic acids is 3. The predicted molar refractivity (Wildman–Crippen MR) is 131 cm³/mol. The van der Waals surface area contributed by atoms with Gasteiger partial charge in [-0.3, -0.25) is 19.3 Å². The summed E-state index contributed by atoms with van der Waals surface area (Å²) in [5.41, 5.74) is 4.82. The number of likely N-dealkylation sites (N-methyl/N-ethyl adjacent to an activating group) is 1. The number of aliphatic hydroxyl groups is 1. The molecule has 0 spiro atoms. The monoisotopic (exact) mass is 460 g/mol. The number of Topliss-reactive ketones (excluding diaryl/α,β-unsaturated/α-hetero) is 2. The van der Waals surface area contributed by atoms with Crippen LogP contribution in [0.3, 0.4) is 0 Å². The number of nitrogens with zero attached hydrogens (tertiary/aromatic N) is 2. The number of aliphatic hydroxyl groups excluding tert-OH is 1. The number of hydrogen-bond acceptors (Lipinski definition) is 5. The number of carbonyl (C=O) groups is 3. The molecule has 1 heterocycles. The highest BCUT2D eigenvalue weighted by Crippen LogP contribution is 2.34. The van der Waals surface area contributed by atoms with E-state index >= 15 is 0 Å². The van der Waals surface area contributed by atoms with E-state index in [1.54, 1.807) is 31.2 Å². The highest BCUT2D eigenvalue weighted by Gasteiger charge is 2.33. The average Bonchev–Trinajstić information content (AvgIpc) is 3.61. The van der Waals surface area contributed by atoms with Crippen LogP contribution in [0, 0.1) is 11.8 Å². The second kappa shape index (κ2) is 10.8. The summed E-state index contributed by atoms with van der Waals surface area (Å²) >= 11 is 0. The third-order valence-electron chi connectivity index (χ3n) is 6.32. The van der Waals surface area contributed by atoms with Crippen molar-refractivity contribution in [3.63, 3.8) is 0 Å². The summed E-state index contributed by atoms with van der Waals surface area (Å²) in [6, 6.07) is 12.6. The molecule has 1 N–H and O–H groups in total. The summed E-state index contributed by atoms with van der Waals surface area (Å²) in [7, 11) is 1.40. The van der Waals surface area contributed by atoms with E-state index < -0.39 is 30.1 Å². The van der Waals surface area contributed by atoms with Crippen molar-refractivity contribution in [3.05, 3.63) is 70.3 Å². The first kappa shape index (κ1) is 25.4. The topological polar surface area (TPSA) is 77.9 Å². The molecule has 4 rings (SSSR count). The molecule has 0 saturated heterocycles. The van der Waals surface area contributed by atoms with Crippen LogP contribution in [0.15, 0.2) is 42.5 Å². The van der Waals surface area contributed by atoms with Crippen LogP contribution in [0.4, 0.5) is 0 Å². The first-order valence-electron chi connectivity index (χ1n) is 11.3. The van der Waals surface area contributed by atoms with Crippen LogP contribution >= 0.6 is 0 Å². The molecule has 2 aromatic carbocycles. The Morgan fingerprint density at radius 1 is 1.00 bits per heavy atom. The van der Waals surface area contributed by atoms with E-state index in [9.17, 15) is 19.5 Å². The molecule has 2 aromatic rings. The van der Waals surface area contributed by atoms with Gasteiger partial charge in [-0.1, -0.05) is 32.3 Å². The number of benzene rings is 2. The highest BCUT2D eigenvalue weighted by atomic mass is 16.3. The number of amides is 1. The van der Waals surface area contributed by atoms with E-state index in [-0.39, 0.29) is 13.8 Å². The van der Waals surface area contributed by atoms with Crippen molar-refractivity contribution in [2.75, 3.05) is 13.7 Å². The smallest absolute Gasteiger partial charge is 0.254 e. The van der Waals surface area contributed by atoms with Gasteiger partial charge in [-0.2, -0.15) is 0 Å². The van der Waals surface area contributed by atoms with Gasteiger partial charge < -0.3 is 10.0 Å². The van der Waals surface area contributed by atoms with Crippen molar-refractivity contribution < 1.29 is 19.5 Å². The summed E-state index contributed by atoms with van der Waals surface area (Å²) < 4.78 is 0. The molecule has 0 radical (unpaired) electrons. The molecule has 2 aliphatic rings. The summed E-state index contributed by atoms with van der Waals surface area (Å²) in [6.07, 6.45) is 2.72. The van der Waals surface area contributed by atoms with Crippen molar-refractivity contribution in [2.24, 2.45) is 0 Å². The second-order valence-electron chi connectivity index (χ2n) is 8.71. The first-order valence-corrected chi connectivity index (χ1v) is 11.3. The van der Waals surface area contributed by atoms with Crippen LogP contribution < -0.4 is 0 Å². The van der Waals surface area contributed by atoms with Crippen LogP contribution in [0.5, 0.6) is 0 Å². The SMILES string of the molecule is C.CCC(=O)C(C(=O)CO)N(C)C(=O)c1ccc(C#Cc2ccc3c(c2)CN(C2CC2)C3)cc1. The molecule has 34 heavy (non-hydrogen) atoms. The number of fused-ring (bicyclic) bond motifs is 1. The number of ketones is 2. The van der Waals surface area contributed by atoms with Gasteiger partial charge in [0.2, 0.25) is 0 Å². The second-order valence-corrected chi connectivity index (χ2v) is 8.71. The Kier molecular flexibility index (Phi) is 8.03. The molecular weight excluding hydrogens is 428 g/mol. The van der Waals surface area contributed by atoms with Gasteiger partial charge >= 0.3 is 0 Å². The van der Waals surface area contributed by atoms with E-state index in [2.05, 4.69) is 34.9 Å². The fourth-order valence-electron chi connectivity index (χ4n) is 4.25. The Hall–Kier alpha value is -3.27. The maximum absolute atomic E-state index is 12.8. The van der Waals surface area contributed by atoms with E-state index in [4.69, 9.17) is 0 Å². The van der Waals surface area contributed by atoms with E-state index in [1.807, 2.05) is 0 Å². The molecular formula is C28H32N2O4. The normalized spacial score (nSPS) is 15.4. The van der Waals surface area contributed by atoms with Gasteiger partial charge in [0.05, 0.1) is 0 Å². The molecule has 6 heteroatoms. The lowest BCUT2D eigenvalue weighted by molar-refractivity contribution is -0.134. The zero-order chi connectivity index (χ0) is 23.5. The summed E-state index contributed by atoms with van der Waals surface area (Å²) in [4.78, 5) is 40.6. The molecule has 1 fully saturated rings. The Balaban J connectivity index is 0.00000324. The molecule has 1 atom stereocenters. The molecule has 6 nitrogen and oxygen atoms in total. The zero-order valence-electron chi connectivity index (χ0n) is 19.0. The molecule has 178 valence electrons. The van der Waals surface area contributed by atoms with Crippen LogP contribution in [0.25, 0.3) is 0 Å². The predicted octanol–water partition coefficient (Wildman–Crippen LogP) is 3.18. The first-order chi connectivity index (χ1) is 15.9. The van der Waals surface area contributed by atoms with Gasteiger partial charge in [-0.15, -0.1) is 0 Å². The largest absolute Gasteiger partial charge is 0.388 e. The van der Waals surface area contributed by atoms with E-state index in [0.717, 1.165) is 35.2 Å². The van der Waals surface area contributed by atoms with E-state index in [0.29, 0.717) is 5.56 Å². The Labute approximate surface area is 201 Å². The van der Waals surface area contributed by atoms with Gasteiger partial charge in [0, 0.05) is 49.3 Å². The molecule has 1 saturated carbocycles. The molecule has 1 aliphatic carbocycles. The minimum Gasteiger partial charge on any atom is -0.388 e. The van der Waals surface area contributed by atoms with Crippen molar-refractivity contribution in [1.82, 2.24) is 9.80 Å². The number of hydrogen-bond donors (Lipinski definition) is 1. The molecule has 1 unspecified atom stereocenters. The van der Waals surface area contributed by atoms with Crippen molar-refractivity contribution >= 4 is 17.5 Å². The highest BCUT2D eigenvalue weighted by molar-refractivity contribution is 6.10. The minimum absolute atomic E-state index is 0. The van der Waals surface area contributed by atoms with Crippen LogP contribution in [-0.2, 0) is 22.7 Å².